The number of hydrazone groups is 1. The largest absolute Gasteiger partial charge is 0.563 e. The molecule has 1 unspecified atom stereocenters. The molecule has 1 fully saturated rings. The summed E-state index contributed by atoms with van der Waals surface area (Å²) in [7, 11) is 0. The Bertz CT molecular complexity index is 829. The summed E-state index contributed by atoms with van der Waals surface area (Å²) in [5.74, 6) is -0.486. The van der Waals surface area contributed by atoms with Gasteiger partial charge in [-0.15, -0.1) is 0 Å². The summed E-state index contributed by atoms with van der Waals surface area (Å²) < 4.78 is 0. The first-order chi connectivity index (χ1) is 15.7. The van der Waals surface area contributed by atoms with Crippen LogP contribution in [0.5, 0.6) is 0 Å². The smallest absolute Gasteiger partial charge is 0.351 e. The first-order valence-electron chi connectivity index (χ1n) is 11.9. The molecule has 1 amide bonds. The molecule has 0 radical (unpaired) electrons. The van der Waals surface area contributed by atoms with Crippen molar-refractivity contribution < 1.29 is 19.8 Å². The van der Waals surface area contributed by atoms with E-state index in [1.165, 1.54) is 10.7 Å². The highest BCUT2D eigenvalue weighted by molar-refractivity contribution is 6.38. The van der Waals surface area contributed by atoms with Crippen molar-refractivity contribution in [3.05, 3.63) is 41.1 Å². The summed E-state index contributed by atoms with van der Waals surface area (Å²) in [6.45, 7) is 9.91. The number of likely N-dealkylation sites (tertiary alicyclic amines) is 1. The molecule has 33 heavy (non-hydrogen) atoms. The van der Waals surface area contributed by atoms with Crippen molar-refractivity contribution in [3.63, 3.8) is 0 Å². The standard InChI is InChI=1S/C24H37N5O4/c1-17(2)15-20(22(30)24-26-28(16-18(3)4)29(32)33-24)25-23(31)21-11-8-13-27(21)14-12-19-9-6-5-7-10-19/h5-7,9-10,17-18,20-21,29H,8,11-16H2,1-4H3,(H,25,31)/t20-,21-/m0/s1. The third kappa shape index (κ3) is 6.99. The minimum Gasteiger partial charge on any atom is -0.563 e. The second kappa shape index (κ2) is 11.6. The first-order valence-corrected chi connectivity index (χ1v) is 11.9. The third-order valence-corrected chi connectivity index (χ3v) is 5.89. The molecule has 9 heteroatoms. The monoisotopic (exact) mass is 459 g/mol. The van der Waals surface area contributed by atoms with Gasteiger partial charge in [0.05, 0.1) is 18.6 Å². The van der Waals surface area contributed by atoms with Crippen molar-refractivity contribution in [1.29, 1.82) is 0 Å². The summed E-state index contributed by atoms with van der Waals surface area (Å²) in [4.78, 5) is 33.7. The number of nitrogens with zero attached hydrogens (tertiary/aromatic N) is 3. The maximum atomic E-state index is 13.2. The minimum absolute atomic E-state index is 0.150. The van der Waals surface area contributed by atoms with Crippen LogP contribution in [0.3, 0.4) is 0 Å². The molecule has 3 atom stereocenters. The van der Waals surface area contributed by atoms with Crippen LogP contribution < -0.4 is 10.7 Å². The third-order valence-electron chi connectivity index (χ3n) is 5.89. The van der Waals surface area contributed by atoms with Crippen molar-refractivity contribution in [2.24, 2.45) is 16.9 Å². The fourth-order valence-electron chi connectivity index (χ4n) is 4.30. The quantitative estimate of drug-likeness (QED) is 0.484. The molecule has 0 spiro atoms. The summed E-state index contributed by atoms with van der Waals surface area (Å²) >= 11 is 0. The van der Waals surface area contributed by atoms with Gasteiger partial charge in [0, 0.05) is 6.54 Å². The van der Waals surface area contributed by atoms with E-state index in [1.54, 1.807) is 0 Å². The molecule has 2 aliphatic rings. The SMILES string of the molecule is CC(C)C[C@H](NC(=O)[C@@H]1CCCN1CCc1ccccc1)C(=O)C1=NN(CC(C)C)[NH+]([O-])O1. The lowest BCUT2D eigenvalue weighted by Gasteiger charge is -2.26. The van der Waals surface area contributed by atoms with Crippen molar-refractivity contribution in [3.8, 4) is 0 Å². The summed E-state index contributed by atoms with van der Waals surface area (Å²) in [5, 5.41) is 19.6. The normalized spacial score (nSPS) is 21.9. The van der Waals surface area contributed by atoms with E-state index >= 15 is 0 Å². The molecule has 0 aromatic heterocycles. The van der Waals surface area contributed by atoms with Gasteiger partial charge in [0.25, 0.3) is 0 Å². The summed E-state index contributed by atoms with van der Waals surface area (Å²) in [6.07, 6.45) is 3.03. The number of quaternary nitrogens is 1. The van der Waals surface area contributed by atoms with E-state index in [4.69, 9.17) is 4.84 Å². The zero-order chi connectivity index (χ0) is 24.0. The van der Waals surface area contributed by atoms with Gasteiger partial charge in [-0.2, -0.15) is 0 Å². The van der Waals surface area contributed by atoms with Crippen LogP contribution in [-0.2, 0) is 20.8 Å². The molecule has 0 saturated carbocycles. The predicted molar refractivity (Wildman–Crippen MR) is 126 cm³/mol. The average molecular weight is 460 g/mol. The average Bonchev–Trinajstić information content (AvgIpc) is 3.38. The molecular formula is C24H37N5O4. The molecule has 1 saturated heterocycles. The van der Waals surface area contributed by atoms with E-state index in [9.17, 15) is 14.8 Å². The number of carbonyl (C=O) groups is 2. The van der Waals surface area contributed by atoms with E-state index in [-0.39, 0.29) is 29.7 Å². The molecule has 2 heterocycles. The van der Waals surface area contributed by atoms with Crippen molar-refractivity contribution in [2.45, 2.75) is 65.5 Å². The Kier molecular flexibility index (Phi) is 8.82. The number of hydrogen-bond donors (Lipinski definition) is 2. The molecule has 1 aromatic carbocycles. The van der Waals surface area contributed by atoms with E-state index < -0.39 is 17.2 Å². The minimum atomic E-state index is -0.778. The van der Waals surface area contributed by atoms with Gasteiger partial charge in [-0.1, -0.05) is 73.6 Å². The lowest BCUT2D eigenvalue weighted by atomic mass is 9.99. The van der Waals surface area contributed by atoms with Crippen molar-refractivity contribution in [1.82, 2.24) is 15.3 Å². The number of Topliss-reactive ketones (excluding diaryl/α,β-unsaturated/α-hetero) is 1. The number of amides is 1. The van der Waals surface area contributed by atoms with Gasteiger partial charge in [-0.3, -0.25) is 19.3 Å². The fraction of sp³-hybridized carbons (Fsp3) is 0.625. The van der Waals surface area contributed by atoms with E-state index in [2.05, 4.69) is 27.5 Å². The molecule has 2 aliphatic heterocycles. The van der Waals surface area contributed by atoms with Gasteiger partial charge in [0.1, 0.15) is 0 Å². The maximum absolute atomic E-state index is 13.2. The number of carbonyl (C=O) groups excluding carboxylic acids is 2. The van der Waals surface area contributed by atoms with Gasteiger partial charge in [-0.25, -0.2) is 0 Å². The Morgan fingerprint density at radius 1 is 1.21 bits per heavy atom. The second-order valence-corrected chi connectivity index (χ2v) is 9.73. The Morgan fingerprint density at radius 3 is 2.61 bits per heavy atom. The predicted octanol–water partition coefficient (Wildman–Crippen LogP) is 1.31. The highest BCUT2D eigenvalue weighted by Crippen LogP contribution is 2.19. The van der Waals surface area contributed by atoms with Gasteiger partial charge < -0.3 is 10.5 Å². The van der Waals surface area contributed by atoms with Crippen molar-refractivity contribution >= 4 is 17.6 Å². The van der Waals surface area contributed by atoms with Crippen LogP contribution in [0, 0.1) is 17.0 Å². The van der Waals surface area contributed by atoms with Crippen LogP contribution in [0.25, 0.3) is 0 Å². The number of nitrogens with one attached hydrogen (secondary N) is 2. The first kappa shape index (κ1) is 25.1. The van der Waals surface area contributed by atoms with Gasteiger partial charge in [-0.05, 0) is 49.6 Å². The zero-order valence-corrected chi connectivity index (χ0v) is 20.1. The number of hydrogen-bond acceptors (Lipinski definition) is 7. The number of rotatable bonds is 11. The van der Waals surface area contributed by atoms with E-state index in [0.29, 0.717) is 13.0 Å². The van der Waals surface area contributed by atoms with Crippen LogP contribution in [0.15, 0.2) is 35.4 Å². The van der Waals surface area contributed by atoms with Crippen LogP contribution >= 0.6 is 0 Å². The van der Waals surface area contributed by atoms with E-state index in [1.807, 2.05) is 45.9 Å². The maximum Gasteiger partial charge on any atom is 0.351 e. The second-order valence-electron chi connectivity index (χ2n) is 9.73. The van der Waals surface area contributed by atoms with Crippen LogP contribution in [0.1, 0.15) is 52.5 Å². The van der Waals surface area contributed by atoms with Crippen LogP contribution in [0.4, 0.5) is 0 Å². The fourth-order valence-corrected chi connectivity index (χ4v) is 4.30. The zero-order valence-electron chi connectivity index (χ0n) is 20.1. The Balaban J connectivity index is 1.64. The summed E-state index contributed by atoms with van der Waals surface area (Å²) in [6, 6.07) is 9.18. The summed E-state index contributed by atoms with van der Waals surface area (Å²) in [5.41, 5.74) is 1.24. The Morgan fingerprint density at radius 2 is 1.94 bits per heavy atom. The van der Waals surface area contributed by atoms with Gasteiger partial charge >= 0.3 is 5.90 Å². The Hall–Kier alpha value is -2.49. The van der Waals surface area contributed by atoms with Crippen LogP contribution in [0.2, 0.25) is 0 Å². The number of ketones is 1. The molecular weight excluding hydrogens is 422 g/mol. The molecule has 0 bridgehead atoms. The topological polar surface area (TPSA) is 102 Å². The molecule has 0 aliphatic carbocycles. The number of benzene rings is 1. The molecule has 2 N–H and O–H groups in total. The highest BCUT2D eigenvalue weighted by Gasteiger charge is 2.38. The molecule has 182 valence electrons. The lowest BCUT2D eigenvalue weighted by molar-refractivity contribution is -1.12. The molecule has 3 rings (SSSR count). The lowest BCUT2D eigenvalue weighted by Crippen LogP contribution is -3.10. The Labute approximate surface area is 196 Å². The molecule has 1 aromatic rings. The van der Waals surface area contributed by atoms with Gasteiger partial charge in [0.2, 0.25) is 11.7 Å². The highest BCUT2D eigenvalue weighted by atomic mass is 16.9. The molecule has 9 nitrogen and oxygen atoms in total. The van der Waals surface area contributed by atoms with Crippen molar-refractivity contribution in [2.75, 3.05) is 19.6 Å². The van der Waals surface area contributed by atoms with Crippen LogP contribution in [-0.4, -0.2) is 59.3 Å². The van der Waals surface area contributed by atoms with Gasteiger partial charge in [0.15, 0.2) is 0 Å². The van der Waals surface area contributed by atoms with E-state index in [0.717, 1.165) is 32.4 Å².